The normalized spacial score (nSPS) is 15.6. The lowest BCUT2D eigenvalue weighted by atomic mass is 9.97. The van der Waals surface area contributed by atoms with Crippen LogP contribution in [0.3, 0.4) is 0 Å². The first-order valence-corrected chi connectivity index (χ1v) is 11.9. The van der Waals surface area contributed by atoms with E-state index >= 15 is 0 Å². The third-order valence-electron chi connectivity index (χ3n) is 5.53. The molecule has 9 heteroatoms. The fourth-order valence-electron chi connectivity index (χ4n) is 3.95. The van der Waals surface area contributed by atoms with Crippen molar-refractivity contribution in [3.8, 4) is 0 Å². The van der Waals surface area contributed by atoms with Gasteiger partial charge in [-0.15, -0.1) is 0 Å². The van der Waals surface area contributed by atoms with E-state index in [9.17, 15) is 18.0 Å². The highest BCUT2D eigenvalue weighted by Crippen LogP contribution is 2.30. The molecule has 2 N–H and O–H groups in total. The van der Waals surface area contributed by atoms with E-state index in [1.807, 2.05) is 30.3 Å². The largest absolute Gasteiger partial charge is 0.462 e. The third kappa shape index (κ3) is 4.99. The number of aromatic nitrogens is 1. The summed E-state index contributed by atoms with van der Waals surface area (Å²) in [5.74, 6) is -0.964. The molecule has 1 aromatic heterocycles. The minimum Gasteiger partial charge on any atom is -0.462 e. The fourth-order valence-corrected chi connectivity index (χ4v) is 5.83. The summed E-state index contributed by atoms with van der Waals surface area (Å²) in [5.41, 5.74) is 1.94. The molecule has 1 amide bonds. The van der Waals surface area contributed by atoms with E-state index in [2.05, 4.69) is 10.3 Å². The standard InChI is InChI=1S/C22H29N3O5S/c1-4-30-22(27)19-15(2)24-16(3)20(19)31(28,29)25-12-10-18(11-13-25)21(26)23-14-17-8-6-5-7-9-17/h5-9,18,24H,4,10-14H2,1-3H3,(H,23,26). The number of sulfonamides is 1. The minimum absolute atomic E-state index is 0.0320. The Labute approximate surface area is 183 Å². The Hall–Kier alpha value is -2.65. The third-order valence-corrected chi connectivity index (χ3v) is 7.60. The Bertz CT molecular complexity index is 1040. The molecule has 1 fully saturated rings. The molecule has 8 nitrogen and oxygen atoms in total. The number of rotatable bonds is 7. The summed E-state index contributed by atoms with van der Waals surface area (Å²) >= 11 is 0. The van der Waals surface area contributed by atoms with Gasteiger partial charge in [0.15, 0.2) is 0 Å². The number of amides is 1. The van der Waals surface area contributed by atoms with Gasteiger partial charge in [0.2, 0.25) is 15.9 Å². The highest BCUT2D eigenvalue weighted by Gasteiger charge is 2.37. The molecule has 0 aliphatic carbocycles. The number of ether oxygens (including phenoxy) is 1. The van der Waals surface area contributed by atoms with E-state index in [0.29, 0.717) is 30.8 Å². The Balaban J connectivity index is 1.68. The molecular weight excluding hydrogens is 418 g/mol. The van der Waals surface area contributed by atoms with Crippen LogP contribution in [0.5, 0.6) is 0 Å². The van der Waals surface area contributed by atoms with Crippen molar-refractivity contribution in [2.75, 3.05) is 19.7 Å². The molecule has 168 valence electrons. The van der Waals surface area contributed by atoms with Crippen molar-refractivity contribution in [2.45, 2.75) is 45.1 Å². The molecule has 1 saturated heterocycles. The fraction of sp³-hybridized carbons (Fsp3) is 0.455. The molecule has 31 heavy (non-hydrogen) atoms. The lowest BCUT2D eigenvalue weighted by Gasteiger charge is -2.30. The van der Waals surface area contributed by atoms with Gasteiger partial charge in [-0.1, -0.05) is 30.3 Å². The van der Waals surface area contributed by atoms with E-state index in [4.69, 9.17) is 4.74 Å². The molecule has 0 atom stereocenters. The number of H-pyrrole nitrogens is 1. The molecule has 0 unspecified atom stereocenters. The van der Waals surface area contributed by atoms with Gasteiger partial charge < -0.3 is 15.0 Å². The van der Waals surface area contributed by atoms with Crippen molar-refractivity contribution >= 4 is 21.9 Å². The van der Waals surface area contributed by atoms with Crippen LogP contribution in [0, 0.1) is 19.8 Å². The van der Waals surface area contributed by atoms with Gasteiger partial charge in [0.25, 0.3) is 0 Å². The number of esters is 1. The molecular formula is C22H29N3O5S. The number of nitrogens with zero attached hydrogens (tertiary/aromatic N) is 1. The summed E-state index contributed by atoms with van der Waals surface area (Å²) < 4.78 is 33.1. The predicted octanol–water partition coefficient (Wildman–Crippen LogP) is 2.53. The van der Waals surface area contributed by atoms with Crippen molar-refractivity contribution in [1.82, 2.24) is 14.6 Å². The molecule has 3 rings (SSSR count). The zero-order valence-corrected chi connectivity index (χ0v) is 18.9. The Morgan fingerprint density at radius 3 is 2.39 bits per heavy atom. The molecule has 0 bridgehead atoms. The van der Waals surface area contributed by atoms with Crippen LogP contribution < -0.4 is 5.32 Å². The van der Waals surface area contributed by atoms with Crippen LogP contribution in [0.15, 0.2) is 35.2 Å². The first-order valence-electron chi connectivity index (χ1n) is 10.4. The number of hydrogen-bond acceptors (Lipinski definition) is 5. The van der Waals surface area contributed by atoms with Crippen LogP contribution in [0.4, 0.5) is 0 Å². The second-order valence-electron chi connectivity index (χ2n) is 7.68. The van der Waals surface area contributed by atoms with Crippen LogP contribution in [0.2, 0.25) is 0 Å². The Kier molecular flexibility index (Phi) is 7.17. The molecule has 2 aromatic rings. The Morgan fingerprint density at radius 1 is 1.13 bits per heavy atom. The predicted molar refractivity (Wildman–Crippen MR) is 116 cm³/mol. The monoisotopic (exact) mass is 447 g/mol. The van der Waals surface area contributed by atoms with Crippen LogP contribution in [-0.4, -0.2) is 49.3 Å². The van der Waals surface area contributed by atoms with Crippen molar-refractivity contribution in [3.63, 3.8) is 0 Å². The highest BCUT2D eigenvalue weighted by molar-refractivity contribution is 7.89. The molecule has 0 radical (unpaired) electrons. The summed E-state index contributed by atoms with van der Waals surface area (Å²) in [6, 6.07) is 9.64. The number of carbonyl (C=O) groups excluding carboxylic acids is 2. The lowest BCUT2D eigenvalue weighted by Crippen LogP contribution is -2.43. The zero-order valence-electron chi connectivity index (χ0n) is 18.1. The summed E-state index contributed by atoms with van der Waals surface area (Å²) in [4.78, 5) is 27.8. The van der Waals surface area contributed by atoms with Gasteiger partial charge in [-0.05, 0) is 39.2 Å². The number of piperidine rings is 1. The number of aromatic amines is 1. The summed E-state index contributed by atoms with van der Waals surface area (Å²) in [6.07, 6.45) is 0.855. The van der Waals surface area contributed by atoms with Gasteiger partial charge in [-0.3, -0.25) is 4.79 Å². The Morgan fingerprint density at radius 2 is 1.77 bits per heavy atom. The van der Waals surface area contributed by atoms with E-state index in [0.717, 1.165) is 5.56 Å². The van der Waals surface area contributed by atoms with Crippen LogP contribution in [-0.2, 0) is 26.1 Å². The summed E-state index contributed by atoms with van der Waals surface area (Å²) in [6.45, 7) is 6.01. The van der Waals surface area contributed by atoms with Crippen molar-refractivity contribution in [1.29, 1.82) is 0 Å². The van der Waals surface area contributed by atoms with Crippen molar-refractivity contribution in [3.05, 3.63) is 52.8 Å². The van der Waals surface area contributed by atoms with Gasteiger partial charge in [-0.25, -0.2) is 13.2 Å². The first-order chi connectivity index (χ1) is 14.8. The van der Waals surface area contributed by atoms with Crippen molar-refractivity contribution in [2.24, 2.45) is 5.92 Å². The van der Waals surface area contributed by atoms with E-state index in [1.165, 1.54) is 4.31 Å². The average molecular weight is 448 g/mol. The summed E-state index contributed by atoms with van der Waals surface area (Å²) in [5, 5.41) is 2.93. The summed E-state index contributed by atoms with van der Waals surface area (Å²) in [7, 11) is -3.90. The average Bonchev–Trinajstić information content (AvgIpc) is 3.07. The smallest absolute Gasteiger partial charge is 0.341 e. The quantitative estimate of drug-likeness (QED) is 0.634. The van der Waals surface area contributed by atoms with Crippen LogP contribution >= 0.6 is 0 Å². The topological polar surface area (TPSA) is 109 Å². The molecule has 2 heterocycles. The van der Waals surface area contributed by atoms with Gasteiger partial charge in [-0.2, -0.15) is 4.31 Å². The van der Waals surface area contributed by atoms with Gasteiger partial charge >= 0.3 is 5.97 Å². The lowest BCUT2D eigenvalue weighted by molar-refractivity contribution is -0.126. The number of aryl methyl sites for hydroxylation is 2. The van der Waals surface area contributed by atoms with Gasteiger partial charge in [0.05, 0.1) is 6.61 Å². The highest BCUT2D eigenvalue weighted by atomic mass is 32.2. The van der Waals surface area contributed by atoms with E-state index in [-0.39, 0.29) is 42.0 Å². The number of hydrogen-bond donors (Lipinski definition) is 2. The molecule has 1 aromatic carbocycles. The maximum atomic E-state index is 13.3. The minimum atomic E-state index is -3.90. The SMILES string of the molecule is CCOC(=O)c1c(C)[nH]c(C)c1S(=O)(=O)N1CCC(C(=O)NCc2ccccc2)CC1. The number of benzene rings is 1. The van der Waals surface area contributed by atoms with E-state index in [1.54, 1.807) is 20.8 Å². The van der Waals surface area contributed by atoms with Crippen LogP contribution in [0.25, 0.3) is 0 Å². The number of nitrogens with one attached hydrogen (secondary N) is 2. The molecule has 1 aliphatic heterocycles. The van der Waals surface area contributed by atoms with Crippen molar-refractivity contribution < 1.29 is 22.7 Å². The maximum Gasteiger partial charge on any atom is 0.341 e. The van der Waals surface area contributed by atoms with Gasteiger partial charge in [0, 0.05) is 36.9 Å². The van der Waals surface area contributed by atoms with Gasteiger partial charge in [0.1, 0.15) is 10.5 Å². The molecule has 1 aliphatic rings. The second kappa shape index (κ2) is 9.65. The number of carbonyl (C=O) groups is 2. The zero-order chi connectivity index (χ0) is 22.6. The first kappa shape index (κ1) is 23.0. The van der Waals surface area contributed by atoms with E-state index < -0.39 is 16.0 Å². The molecule has 0 saturated carbocycles. The second-order valence-corrected chi connectivity index (χ2v) is 9.56. The molecule has 0 spiro atoms. The maximum absolute atomic E-state index is 13.3. The van der Waals surface area contributed by atoms with Crippen LogP contribution in [0.1, 0.15) is 47.1 Å².